The predicted octanol–water partition coefficient (Wildman–Crippen LogP) is 2.85. The van der Waals surface area contributed by atoms with Gasteiger partial charge in [0.15, 0.2) is 6.61 Å². The summed E-state index contributed by atoms with van der Waals surface area (Å²) < 4.78 is 6.54. The lowest BCUT2D eigenvalue weighted by molar-refractivity contribution is -0.141. The van der Waals surface area contributed by atoms with Gasteiger partial charge < -0.3 is 15.2 Å². The molecule has 0 aliphatic rings. The molecule has 2 N–H and O–H groups in total. The summed E-state index contributed by atoms with van der Waals surface area (Å²) >= 11 is 3.48. The second-order valence-corrected chi connectivity index (χ2v) is 6.06. The lowest BCUT2D eigenvalue weighted by Gasteiger charge is -2.16. The number of ether oxygens (including phenoxy) is 1. The van der Waals surface area contributed by atoms with E-state index >= 15 is 0 Å². The number of aliphatic carboxylic acids is 1. The summed E-state index contributed by atoms with van der Waals surface area (Å²) in [6.45, 7) is 7.21. The highest BCUT2D eigenvalue weighted by atomic mass is 79.9. The fraction of sp³-hybridized carbons (Fsp3) is 0.467. The van der Waals surface area contributed by atoms with Gasteiger partial charge in [-0.05, 0) is 43.0 Å². The Labute approximate surface area is 132 Å². The third kappa shape index (κ3) is 5.04. The Hall–Kier alpha value is -1.56. The molecule has 1 unspecified atom stereocenters. The average molecular weight is 358 g/mol. The standard InChI is InChI=1S/C15H20BrNO4/c1-8(2)11-6-12(16)9(3)5-13(11)21-7-14(18)17-10(4)15(19)20/h5-6,8,10H,7H2,1-4H3,(H,17,18)(H,19,20). The van der Waals surface area contributed by atoms with Crippen LogP contribution >= 0.6 is 15.9 Å². The highest BCUT2D eigenvalue weighted by molar-refractivity contribution is 9.10. The number of amides is 1. The highest BCUT2D eigenvalue weighted by Crippen LogP contribution is 2.32. The van der Waals surface area contributed by atoms with Gasteiger partial charge in [-0.15, -0.1) is 0 Å². The Morgan fingerprint density at radius 2 is 1.95 bits per heavy atom. The quantitative estimate of drug-likeness (QED) is 0.820. The molecule has 1 rings (SSSR count). The van der Waals surface area contributed by atoms with E-state index in [0.717, 1.165) is 15.6 Å². The minimum absolute atomic E-state index is 0.210. The SMILES string of the molecule is Cc1cc(OCC(=O)NC(C)C(=O)O)c(C(C)C)cc1Br. The first-order chi connectivity index (χ1) is 9.72. The van der Waals surface area contributed by atoms with Crippen molar-refractivity contribution in [2.75, 3.05) is 6.61 Å². The van der Waals surface area contributed by atoms with Crippen LogP contribution in [0.15, 0.2) is 16.6 Å². The van der Waals surface area contributed by atoms with Crippen LogP contribution in [0.1, 0.15) is 37.8 Å². The van der Waals surface area contributed by atoms with Gasteiger partial charge in [-0.2, -0.15) is 0 Å². The monoisotopic (exact) mass is 357 g/mol. The lowest BCUT2D eigenvalue weighted by atomic mass is 10.0. The summed E-state index contributed by atoms with van der Waals surface area (Å²) in [6.07, 6.45) is 0. The van der Waals surface area contributed by atoms with E-state index in [-0.39, 0.29) is 12.5 Å². The van der Waals surface area contributed by atoms with E-state index in [1.165, 1.54) is 6.92 Å². The van der Waals surface area contributed by atoms with E-state index in [0.29, 0.717) is 5.75 Å². The fourth-order valence-corrected chi connectivity index (χ4v) is 2.10. The van der Waals surface area contributed by atoms with Gasteiger partial charge >= 0.3 is 5.97 Å². The number of carboxylic acid groups (broad SMARTS) is 1. The number of hydrogen-bond acceptors (Lipinski definition) is 3. The number of carboxylic acids is 1. The smallest absolute Gasteiger partial charge is 0.325 e. The van der Waals surface area contributed by atoms with Crippen molar-refractivity contribution in [3.63, 3.8) is 0 Å². The molecule has 1 aromatic carbocycles. The van der Waals surface area contributed by atoms with Crippen LogP contribution in [0.2, 0.25) is 0 Å². The molecule has 6 heteroatoms. The van der Waals surface area contributed by atoms with Crippen LogP contribution in [0.25, 0.3) is 0 Å². The first-order valence-electron chi connectivity index (χ1n) is 6.67. The molecule has 116 valence electrons. The topological polar surface area (TPSA) is 75.6 Å². The first-order valence-corrected chi connectivity index (χ1v) is 7.46. The van der Waals surface area contributed by atoms with Crippen LogP contribution in [0.3, 0.4) is 0 Å². The van der Waals surface area contributed by atoms with Crippen molar-refractivity contribution in [1.29, 1.82) is 0 Å². The second-order valence-electron chi connectivity index (χ2n) is 5.21. The van der Waals surface area contributed by atoms with Crippen LogP contribution in [-0.2, 0) is 9.59 Å². The van der Waals surface area contributed by atoms with Crippen LogP contribution < -0.4 is 10.1 Å². The van der Waals surface area contributed by atoms with Crippen LogP contribution in [0, 0.1) is 6.92 Å². The summed E-state index contributed by atoms with van der Waals surface area (Å²) in [7, 11) is 0. The lowest BCUT2D eigenvalue weighted by Crippen LogP contribution is -2.40. The van der Waals surface area contributed by atoms with E-state index in [9.17, 15) is 9.59 Å². The third-order valence-corrected chi connectivity index (χ3v) is 3.87. The second kappa shape index (κ2) is 7.45. The molecular formula is C15H20BrNO4. The van der Waals surface area contributed by atoms with Gasteiger partial charge in [0.25, 0.3) is 5.91 Å². The summed E-state index contributed by atoms with van der Waals surface area (Å²) in [4.78, 5) is 22.3. The molecule has 0 heterocycles. The molecule has 0 aromatic heterocycles. The van der Waals surface area contributed by atoms with E-state index in [2.05, 4.69) is 21.2 Å². The zero-order chi connectivity index (χ0) is 16.2. The first kappa shape index (κ1) is 17.5. The number of rotatable bonds is 6. The summed E-state index contributed by atoms with van der Waals surface area (Å²) in [6, 6.07) is 2.91. The molecular weight excluding hydrogens is 338 g/mol. The Bertz CT molecular complexity index is 543. The summed E-state index contributed by atoms with van der Waals surface area (Å²) in [5, 5.41) is 11.1. The van der Waals surface area contributed by atoms with Crippen LogP contribution in [-0.4, -0.2) is 29.6 Å². The van der Waals surface area contributed by atoms with E-state index in [1.807, 2.05) is 32.9 Å². The molecule has 21 heavy (non-hydrogen) atoms. The molecule has 1 atom stereocenters. The molecule has 1 aromatic rings. The molecule has 0 radical (unpaired) electrons. The van der Waals surface area contributed by atoms with E-state index < -0.39 is 17.9 Å². The molecule has 0 bridgehead atoms. The van der Waals surface area contributed by atoms with Gasteiger partial charge in [0.2, 0.25) is 0 Å². The predicted molar refractivity (Wildman–Crippen MR) is 83.7 cm³/mol. The normalized spacial score (nSPS) is 12.1. The highest BCUT2D eigenvalue weighted by Gasteiger charge is 2.16. The molecule has 0 fully saturated rings. The molecule has 0 spiro atoms. The van der Waals surface area contributed by atoms with Crippen molar-refractivity contribution in [3.05, 3.63) is 27.7 Å². The number of aryl methyl sites for hydroxylation is 1. The maximum absolute atomic E-state index is 11.7. The number of nitrogens with one attached hydrogen (secondary N) is 1. The van der Waals surface area contributed by atoms with Crippen molar-refractivity contribution >= 4 is 27.8 Å². The Morgan fingerprint density at radius 1 is 1.33 bits per heavy atom. The van der Waals surface area contributed by atoms with Crippen molar-refractivity contribution < 1.29 is 19.4 Å². The maximum Gasteiger partial charge on any atom is 0.325 e. The minimum atomic E-state index is -1.08. The van der Waals surface area contributed by atoms with Crippen molar-refractivity contribution in [2.24, 2.45) is 0 Å². The fourth-order valence-electron chi connectivity index (χ4n) is 1.73. The molecule has 0 saturated carbocycles. The minimum Gasteiger partial charge on any atom is -0.483 e. The maximum atomic E-state index is 11.7. The summed E-state index contributed by atoms with van der Waals surface area (Å²) in [5.74, 6) is -0.646. The van der Waals surface area contributed by atoms with Crippen molar-refractivity contribution in [2.45, 2.75) is 39.7 Å². The number of hydrogen-bond donors (Lipinski definition) is 2. The Balaban J connectivity index is 2.77. The summed E-state index contributed by atoms with van der Waals surface area (Å²) in [5.41, 5.74) is 2.00. The number of benzene rings is 1. The largest absolute Gasteiger partial charge is 0.483 e. The van der Waals surface area contributed by atoms with Gasteiger partial charge in [0, 0.05) is 4.47 Å². The van der Waals surface area contributed by atoms with E-state index in [4.69, 9.17) is 9.84 Å². The van der Waals surface area contributed by atoms with Gasteiger partial charge in [-0.25, -0.2) is 0 Å². The van der Waals surface area contributed by atoms with Gasteiger partial charge in [-0.3, -0.25) is 9.59 Å². The van der Waals surface area contributed by atoms with Gasteiger partial charge in [0.05, 0.1) is 0 Å². The zero-order valence-corrected chi connectivity index (χ0v) is 14.2. The third-order valence-electron chi connectivity index (χ3n) is 3.02. The number of halogens is 1. The Kier molecular flexibility index (Phi) is 6.20. The number of carbonyl (C=O) groups is 2. The van der Waals surface area contributed by atoms with Crippen molar-refractivity contribution in [3.8, 4) is 5.75 Å². The molecule has 5 nitrogen and oxygen atoms in total. The average Bonchev–Trinajstić information content (AvgIpc) is 2.39. The molecule has 0 aliphatic heterocycles. The van der Waals surface area contributed by atoms with E-state index in [1.54, 1.807) is 0 Å². The zero-order valence-electron chi connectivity index (χ0n) is 12.6. The van der Waals surface area contributed by atoms with Crippen LogP contribution in [0.4, 0.5) is 0 Å². The van der Waals surface area contributed by atoms with Gasteiger partial charge in [-0.1, -0.05) is 29.8 Å². The number of carbonyl (C=O) groups excluding carboxylic acids is 1. The van der Waals surface area contributed by atoms with Crippen molar-refractivity contribution in [1.82, 2.24) is 5.32 Å². The van der Waals surface area contributed by atoms with Gasteiger partial charge in [0.1, 0.15) is 11.8 Å². The molecule has 1 amide bonds. The molecule has 0 aliphatic carbocycles. The molecule has 0 saturated heterocycles. The Morgan fingerprint density at radius 3 is 2.48 bits per heavy atom. The van der Waals surface area contributed by atoms with Crippen LogP contribution in [0.5, 0.6) is 5.75 Å².